The number of rotatable bonds is 6. The molecule has 17 heavy (non-hydrogen) atoms. The lowest BCUT2D eigenvalue weighted by molar-refractivity contribution is -0.137. The second kappa shape index (κ2) is 7.49. The smallest absolute Gasteiger partial charge is 0.330 e. The monoisotopic (exact) mass is 233 g/mol. The molecule has 0 heterocycles. The maximum atomic E-state index is 11.1. The Hall–Kier alpha value is -1.77. The zero-order valence-electron chi connectivity index (χ0n) is 10.3. The fraction of sp³-hybridized carbons (Fsp3) is 0.357. The van der Waals surface area contributed by atoms with Crippen molar-refractivity contribution in [3.63, 3.8) is 0 Å². The molecule has 1 unspecified atom stereocenters. The first kappa shape index (κ1) is 13.3. The number of para-hydroxylation sites is 1. The molecule has 0 aliphatic carbocycles. The number of carbonyl (C=O) groups excluding carboxylic acids is 1. The van der Waals surface area contributed by atoms with Gasteiger partial charge in [0.15, 0.2) is 0 Å². The molecule has 0 radical (unpaired) electrons. The van der Waals surface area contributed by atoms with Crippen molar-refractivity contribution < 1.29 is 9.53 Å². The van der Waals surface area contributed by atoms with E-state index < -0.39 is 0 Å². The lowest BCUT2D eigenvalue weighted by Gasteiger charge is -2.09. The summed E-state index contributed by atoms with van der Waals surface area (Å²) >= 11 is 0. The average Bonchev–Trinajstić information content (AvgIpc) is 2.35. The molecule has 0 aliphatic heterocycles. The van der Waals surface area contributed by atoms with Crippen LogP contribution in [-0.2, 0) is 9.53 Å². The summed E-state index contributed by atoms with van der Waals surface area (Å²) in [6, 6.07) is 9.99. The first-order valence-corrected chi connectivity index (χ1v) is 5.86. The van der Waals surface area contributed by atoms with E-state index in [4.69, 9.17) is 4.74 Å². The van der Waals surface area contributed by atoms with Crippen LogP contribution in [0, 0.1) is 5.92 Å². The molecule has 1 rings (SSSR count). The summed E-state index contributed by atoms with van der Waals surface area (Å²) in [5.41, 5.74) is 1.09. The number of nitrogens with one attached hydrogen (secondary N) is 1. The summed E-state index contributed by atoms with van der Waals surface area (Å²) < 4.78 is 4.81. The van der Waals surface area contributed by atoms with Crippen molar-refractivity contribution >= 4 is 11.7 Å². The van der Waals surface area contributed by atoms with Crippen LogP contribution in [0.25, 0.3) is 0 Å². The predicted octanol–water partition coefficient (Wildman–Crippen LogP) is 2.85. The largest absolute Gasteiger partial charge is 0.463 e. The van der Waals surface area contributed by atoms with E-state index in [1.807, 2.05) is 43.3 Å². The third-order valence-electron chi connectivity index (χ3n) is 2.25. The van der Waals surface area contributed by atoms with Crippen molar-refractivity contribution in [3.05, 3.63) is 42.5 Å². The van der Waals surface area contributed by atoms with Gasteiger partial charge in [-0.25, -0.2) is 4.79 Å². The number of carbonyl (C=O) groups is 1. The molecule has 1 atom stereocenters. The molecular formula is C14H19NO2. The van der Waals surface area contributed by atoms with Crippen LogP contribution in [0.5, 0.6) is 0 Å². The third kappa shape index (κ3) is 5.76. The van der Waals surface area contributed by atoms with Crippen LogP contribution in [0.2, 0.25) is 0 Å². The molecule has 0 aliphatic rings. The Morgan fingerprint density at radius 1 is 1.41 bits per heavy atom. The molecule has 0 amide bonds. The Morgan fingerprint density at radius 2 is 2.12 bits per heavy atom. The molecule has 92 valence electrons. The van der Waals surface area contributed by atoms with E-state index in [-0.39, 0.29) is 11.9 Å². The third-order valence-corrected chi connectivity index (χ3v) is 2.25. The van der Waals surface area contributed by atoms with Gasteiger partial charge in [0.25, 0.3) is 0 Å². The fourth-order valence-electron chi connectivity index (χ4n) is 1.34. The van der Waals surface area contributed by atoms with E-state index in [1.165, 1.54) is 6.08 Å². The van der Waals surface area contributed by atoms with Gasteiger partial charge in [0.1, 0.15) is 0 Å². The highest BCUT2D eigenvalue weighted by atomic mass is 16.5. The summed E-state index contributed by atoms with van der Waals surface area (Å²) in [7, 11) is 0. The molecule has 0 spiro atoms. The Kier molecular flexibility index (Phi) is 5.86. The van der Waals surface area contributed by atoms with Crippen LogP contribution in [0.3, 0.4) is 0 Å². The Labute approximate surface area is 102 Å². The highest BCUT2D eigenvalue weighted by Gasteiger charge is 1.99. The van der Waals surface area contributed by atoms with Crippen LogP contribution in [0.4, 0.5) is 5.69 Å². The highest BCUT2D eigenvalue weighted by molar-refractivity contribution is 5.81. The van der Waals surface area contributed by atoms with Crippen molar-refractivity contribution in [2.75, 3.05) is 18.5 Å². The Morgan fingerprint density at radius 3 is 2.76 bits per heavy atom. The van der Waals surface area contributed by atoms with Crippen molar-refractivity contribution in [1.29, 1.82) is 0 Å². The van der Waals surface area contributed by atoms with Gasteiger partial charge in [-0.1, -0.05) is 31.2 Å². The van der Waals surface area contributed by atoms with Crippen molar-refractivity contribution in [3.8, 4) is 0 Å². The fourth-order valence-corrected chi connectivity index (χ4v) is 1.34. The van der Waals surface area contributed by atoms with E-state index in [9.17, 15) is 4.79 Å². The molecule has 1 N–H and O–H groups in total. The standard InChI is InChI=1S/C14H19NO2/c1-3-17-14(16)10-9-12(2)11-15-13-7-5-4-6-8-13/h4-10,12,15H,3,11H2,1-2H3. The van der Waals surface area contributed by atoms with Crippen molar-refractivity contribution in [2.45, 2.75) is 13.8 Å². The van der Waals surface area contributed by atoms with Crippen molar-refractivity contribution in [2.24, 2.45) is 5.92 Å². The molecule has 1 aromatic carbocycles. The van der Waals surface area contributed by atoms with Crippen molar-refractivity contribution in [1.82, 2.24) is 0 Å². The summed E-state index contributed by atoms with van der Waals surface area (Å²) in [5, 5.41) is 3.30. The first-order valence-electron chi connectivity index (χ1n) is 5.86. The van der Waals surface area contributed by atoms with E-state index in [0.717, 1.165) is 12.2 Å². The zero-order chi connectivity index (χ0) is 12.5. The van der Waals surface area contributed by atoms with Gasteiger partial charge in [0.2, 0.25) is 0 Å². The lowest BCUT2D eigenvalue weighted by atomic mass is 10.1. The maximum absolute atomic E-state index is 11.1. The lowest BCUT2D eigenvalue weighted by Crippen LogP contribution is -2.09. The molecule has 0 bridgehead atoms. The van der Waals surface area contributed by atoms with Crippen LogP contribution < -0.4 is 5.32 Å². The summed E-state index contributed by atoms with van der Waals surface area (Å²) in [5.74, 6) is -0.00123. The zero-order valence-corrected chi connectivity index (χ0v) is 10.3. The van der Waals surface area contributed by atoms with Gasteiger partial charge in [-0.2, -0.15) is 0 Å². The van der Waals surface area contributed by atoms with E-state index in [0.29, 0.717) is 6.61 Å². The normalized spacial score (nSPS) is 12.4. The Balaban J connectivity index is 2.30. The predicted molar refractivity (Wildman–Crippen MR) is 69.9 cm³/mol. The molecule has 3 heteroatoms. The minimum Gasteiger partial charge on any atom is -0.463 e. The molecular weight excluding hydrogens is 214 g/mol. The maximum Gasteiger partial charge on any atom is 0.330 e. The summed E-state index contributed by atoms with van der Waals surface area (Å²) in [6.07, 6.45) is 3.34. The van der Waals surface area contributed by atoms with Gasteiger partial charge in [0.05, 0.1) is 6.61 Å². The number of esters is 1. The van der Waals surface area contributed by atoms with E-state index in [2.05, 4.69) is 5.32 Å². The van der Waals surface area contributed by atoms with Crippen LogP contribution in [-0.4, -0.2) is 19.1 Å². The second-order valence-electron chi connectivity index (χ2n) is 3.84. The SMILES string of the molecule is CCOC(=O)C=CC(C)CNc1ccccc1. The van der Waals surface area contributed by atoms with Crippen LogP contribution in [0.15, 0.2) is 42.5 Å². The first-order chi connectivity index (χ1) is 8.22. The molecule has 0 saturated carbocycles. The van der Waals surface area contributed by atoms with Gasteiger partial charge in [-0.15, -0.1) is 0 Å². The Bertz CT molecular complexity index is 360. The molecule has 0 fully saturated rings. The number of hydrogen-bond acceptors (Lipinski definition) is 3. The van der Waals surface area contributed by atoms with Gasteiger partial charge < -0.3 is 10.1 Å². The van der Waals surface area contributed by atoms with Crippen LogP contribution in [0.1, 0.15) is 13.8 Å². The quantitative estimate of drug-likeness (QED) is 0.606. The molecule has 1 aromatic rings. The highest BCUT2D eigenvalue weighted by Crippen LogP contribution is 2.07. The number of anilines is 1. The topological polar surface area (TPSA) is 38.3 Å². The van der Waals surface area contributed by atoms with E-state index in [1.54, 1.807) is 6.92 Å². The number of benzene rings is 1. The molecule has 0 saturated heterocycles. The van der Waals surface area contributed by atoms with E-state index >= 15 is 0 Å². The minimum atomic E-state index is -0.279. The van der Waals surface area contributed by atoms with Gasteiger partial charge >= 0.3 is 5.97 Å². The van der Waals surface area contributed by atoms with Gasteiger partial charge in [-0.3, -0.25) is 0 Å². The number of hydrogen-bond donors (Lipinski definition) is 1. The minimum absolute atomic E-state index is 0.277. The van der Waals surface area contributed by atoms with Gasteiger partial charge in [0, 0.05) is 18.3 Å². The second-order valence-corrected chi connectivity index (χ2v) is 3.84. The summed E-state index contributed by atoms with van der Waals surface area (Å²) in [4.78, 5) is 11.1. The number of ether oxygens (including phenoxy) is 1. The van der Waals surface area contributed by atoms with Gasteiger partial charge in [-0.05, 0) is 25.0 Å². The molecule has 0 aromatic heterocycles. The van der Waals surface area contributed by atoms with Crippen LogP contribution >= 0.6 is 0 Å². The average molecular weight is 233 g/mol. The summed E-state index contributed by atoms with van der Waals surface area (Å²) in [6.45, 7) is 5.05. The molecule has 3 nitrogen and oxygen atoms in total.